The quantitative estimate of drug-likeness (QED) is 0.586. The minimum Gasteiger partial charge on any atom is -0.466 e. The van der Waals surface area contributed by atoms with Crippen LogP contribution in [0.25, 0.3) is 10.9 Å². The van der Waals surface area contributed by atoms with Crippen LogP contribution in [0.15, 0.2) is 18.2 Å². The van der Waals surface area contributed by atoms with Gasteiger partial charge in [-0.05, 0) is 32.0 Å². The van der Waals surface area contributed by atoms with Crippen molar-refractivity contribution >= 4 is 34.4 Å². The molecule has 0 unspecified atom stereocenters. The first kappa shape index (κ1) is 21.8. The summed E-state index contributed by atoms with van der Waals surface area (Å²) in [7, 11) is 0. The van der Waals surface area contributed by atoms with Crippen molar-refractivity contribution in [3.63, 3.8) is 0 Å². The third-order valence-corrected chi connectivity index (χ3v) is 5.23. The number of hydrogen-bond donors (Lipinski definition) is 3. The third-order valence-electron chi connectivity index (χ3n) is 5.23. The zero-order valence-corrected chi connectivity index (χ0v) is 17.2. The number of carbonyl (C=O) groups excluding carboxylic acids is 3. The van der Waals surface area contributed by atoms with E-state index in [2.05, 4.69) is 10.3 Å². The molecule has 1 aromatic carbocycles. The fourth-order valence-corrected chi connectivity index (χ4v) is 3.76. The maximum absolute atomic E-state index is 13.8. The molecule has 0 aliphatic carbocycles. The molecule has 8 nitrogen and oxygen atoms in total. The predicted molar refractivity (Wildman–Crippen MR) is 108 cm³/mol. The second-order valence-electron chi connectivity index (χ2n) is 7.29. The molecule has 0 spiro atoms. The van der Waals surface area contributed by atoms with Gasteiger partial charge in [0.1, 0.15) is 11.5 Å². The van der Waals surface area contributed by atoms with Gasteiger partial charge in [0.25, 0.3) is 5.91 Å². The Balaban J connectivity index is 1.69. The minimum atomic E-state index is -0.619. The highest BCUT2D eigenvalue weighted by molar-refractivity contribution is 6.11. The molecule has 2 aromatic rings. The number of piperidine rings is 1. The van der Waals surface area contributed by atoms with Gasteiger partial charge in [-0.25, -0.2) is 9.18 Å². The van der Waals surface area contributed by atoms with Crippen molar-refractivity contribution in [2.75, 3.05) is 38.2 Å². The first-order chi connectivity index (χ1) is 14.4. The van der Waals surface area contributed by atoms with Gasteiger partial charge in [-0.2, -0.15) is 0 Å². The Labute approximate surface area is 173 Å². The Morgan fingerprint density at radius 3 is 2.53 bits per heavy atom. The number of fused-ring (bicyclic) bond motifs is 1. The van der Waals surface area contributed by atoms with Crippen LogP contribution in [0.3, 0.4) is 0 Å². The summed E-state index contributed by atoms with van der Waals surface area (Å²) >= 11 is 0. The van der Waals surface area contributed by atoms with E-state index in [1.807, 2.05) is 0 Å². The molecule has 0 saturated carbocycles. The van der Waals surface area contributed by atoms with Crippen molar-refractivity contribution in [2.45, 2.75) is 26.7 Å². The van der Waals surface area contributed by atoms with Gasteiger partial charge in [-0.3, -0.25) is 9.59 Å². The zero-order valence-electron chi connectivity index (χ0n) is 17.2. The second kappa shape index (κ2) is 9.71. The summed E-state index contributed by atoms with van der Waals surface area (Å²) in [6.45, 7) is 5.53. The Hall–Kier alpha value is -2.94. The number of rotatable bonds is 7. The lowest BCUT2D eigenvalue weighted by atomic mass is 9.97. The van der Waals surface area contributed by atoms with Gasteiger partial charge in [0, 0.05) is 23.7 Å². The van der Waals surface area contributed by atoms with E-state index in [0.29, 0.717) is 43.4 Å². The number of amides is 1. The lowest BCUT2D eigenvalue weighted by Gasteiger charge is -2.27. The smallest absolute Gasteiger partial charge is 0.356 e. The number of aromatic nitrogens is 1. The molecule has 1 saturated heterocycles. The van der Waals surface area contributed by atoms with E-state index in [-0.39, 0.29) is 42.3 Å². The van der Waals surface area contributed by atoms with Crippen LogP contribution in [-0.2, 0) is 19.1 Å². The van der Waals surface area contributed by atoms with Crippen LogP contribution >= 0.6 is 0 Å². The lowest BCUT2D eigenvalue weighted by molar-refractivity contribution is -0.897. The maximum atomic E-state index is 13.8. The van der Waals surface area contributed by atoms with Gasteiger partial charge in [-0.15, -0.1) is 0 Å². The van der Waals surface area contributed by atoms with E-state index in [1.54, 1.807) is 13.8 Å². The van der Waals surface area contributed by atoms with Crippen LogP contribution in [0.5, 0.6) is 0 Å². The minimum absolute atomic E-state index is 0.0850. The average molecular weight is 420 g/mol. The van der Waals surface area contributed by atoms with E-state index < -0.39 is 11.8 Å². The van der Waals surface area contributed by atoms with Crippen molar-refractivity contribution < 1.29 is 33.1 Å². The number of halogens is 1. The molecule has 3 rings (SSSR count). The highest BCUT2D eigenvalue weighted by Crippen LogP contribution is 2.29. The van der Waals surface area contributed by atoms with E-state index in [0.717, 1.165) is 4.90 Å². The Morgan fingerprint density at radius 2 is 1.87 bits per heavy atom. The number of ether oxygens (including phenoxy) is 2. The van der Waals surface area contributed by atoms with Crippen molar-refractivity contribution in [3.05, 3.63) is 29.7 Å². The van der Waals surface area contributed by atoms with Crippen LogP contribution in [0.2, 0.25) is 0 Å². The number of esters is 2. The first-order valence-corrected chi connectivity index (χ1v) is 10.2. The molecule has 0 radical (unpaired) electrons. The molecule has 2 heterocycles. The molecule has 0 atom stereocenters. The normalized spacial score (nSPS) is 18.8. The predicted octanol–water partition coefficient (Wildman–Crippen LogP) is 1.28. The number of likely N-dealkylation sites (tertiary alicyclic amines) is 1. The number of anilines is 1. The number of benzene rings is 1. The Bertz CT molecular complexity index is 934. The average Bonchev–Trinajstić information content (AvgIpc) is 3.06. The van der Waals surface area contributed by atoms with E-state index in [9.17, 15) is 18.8 Å². The van der Waals surface area contributed by atoms with Gasteiger partial charge < -0.3 is 24.7 Å². The first-order valence-electron chi connectivity index (χ1n) is 10.2. The molecule has 1 fully saturated rings. The Morgan fingerprint density at radius 1 is 1.17 bits per heavy atom. The molecule has 3 N–H and O–H groups in total. The van der Waals surface area contributed by atoms with Crippen molar-refractivity contribution in [2.24, 2.45) is 5.92 Å². The summed E-state index contributed by atoms with van der Waals surface area (Å²) in [5.74, 6) is -1.69. The second-order valence-corrected chi connectivity index (χ2v) is 7.29. The molecule has 1 aromatic heterocycles. The number of H-pyrrole nitrogens is 1. The topological polar surface area (TPSA) is 102 Å². The van der Waals surface area contributed by atoms with Crippen molar-refractivity contribution in [3.8, 4) is 0 Å². The molecule has 30 heavy (non-hydrogen) atoms. The fourth-order valence-electron chi connectivity index (χ4n) is 3.76. The maximum Gasteiger partial charge on any atom is 0.356 e. The molecule has 1 aliphatic rings. The highest BCUT2D eigenvalue weighted by Gasteiger charge is 2.30. The van der Waals surface area contributed by atoms with E-state index >= 15 is 0 Å². The summed E-state index contributed by atoms with van der Waals surface area (Å²) in [6, 6.07) is 4.05. The van der Waals surface area contributed by atoms with Crippen LogP contribution in [0.1, 0.15) is 37.2 Å². The van der Waals surface area contributed by atoms with Crippen molar-refractivity contribution in [1.29, 1.82) is 0 Å². The molecular weight excluding hydrogens is 393 g/mol. The van der Waals surface area contributed by atoms with Crippen LogP contribution in [0, 0.1) is 11.7 Å². The fraction of sp³-hybridized carbons (Fsp3) is 0.476. The summed E-state index contributed by atoms with van der Waals surface area (Å²) < 4.78 is 23.9. The molecular formula is C21H27FN3O5+. The molecule has 9 heteroatoms. The number of nitrogens with one attached hydrogen (secondary N) is 3. The van der Waals surface area contributed by atoms with Gasteiger partial charge >= 0.3 is 11.9 Å². The molecule has 162 valence electrons. The van der Waals surface area contributed by atoms with Crippen LogP contribution in [-0.4, -0.2) is 55.7 Å². The van der Waals surface area contributed by atoms with E-state index in [4.69, 9.17) is 9.47 Å². The largest absolute Gasteiger partial charge is 0.466 e. The zero-order chi connectivity index (χ0) is 21.7. The van der Waals surface area contributed by atoms with E-state index in [1.165, 1.54) is 18.2 Å². The summed E-state index contributed by atoms with van der Waals surface area (Å²) in [5, 5.41) is 3.16. The molecule has 1 amide bonds. The van der Waals surface area contributed by atoms with Crippen LogP contribution in [0.4, 0.5) is 10.1 Å². The number of hydrogen-bond acceptors (Lipinski definition) is 5. The van der Waals surface area contributed by atoms with Gasteiger partial charge in [0.2, 0.25) is 0 Å². The lowest BCUT2D eigenvalue weighted by Crippen LogP contribution is -3.14. The third kappa shape index (κ3) is 4.96. The summed E-state index contributed by atoms with van der Waals surface area (Å²) in [6.07, 6.45) is 1.32. The monoisotopic (exact) mass is 420 g/mol. The number of carbonyl (C=O) groups is 3. The standard InChI is InChI=1S/C21H26FN3O5/c1-3-29-20(27)13-7-9-25(10-8-13)12-17(26)24-18-15-11-14(22)5-6-16(15)23-19(18)21(28)30-4-2/h5-6,11,13,23H,3-4,7-10,12H2,1-2H3,(H,24,26)/p+1. The number of quaternary nitrogens is 1. The summed E-state index contributed by atoms with van der Waals surface area (Å²) in [5.41, 5.74) is 0.827. The summed E-state index contributed by atoms with van der Waals surface area (Å²) in [4.78, 5) is 40.8. The molecule has 1 aliphatic heterocycles. The van der Waals surface area contributed by atoms with Gasteiger partial charge in [0.15, 0.2) is 6.54 Å². The van der Waals surface area contributed by atoms with Crippen LogP contribution < -0.4 is 10.2 Å². The SMILES string of the molecule is CCOC(=O)c1[nH]c2ccc(F)cc2c1NC(=O)C[NH+]1CCC(C(=O)OCC)CC1. The number of aromatic amines is 1. The van der Waals surface area contributed by atoms with Gasteiger partial charge in [-0.1, -0.05) is 0 Å². The highest BCUT2D eigenvalue weighted by atomic mass is 19.1. The van der Waals surface area contributed by atoms with Crippen molar-refractivity contribution in [1.82, 2.24) is 4.98 Å². The van der Waals surface area contributed by atoms with Gasteiger partial charge in [0.05, 0.1) is 37.9 Å². The Kier molecular flexibility index (Phi) is 7.04. The molecule has 0 bridgehead atoms.